The molecule has 3 rings (SSSR count). The summed E-state index contributed by atoms with van der Waals surface area (Å²) < 4.78 is 4.99. The van der Waals surface area contributed by atoms with Crippen molar-refractivity contribution in [3.05, 3.63) is 17.5 Å². The minimum Gasteiger partial charge on any atom is -0.466 e. The third kappa shape index (κ3) is 3.92. The normalized spacial score (nSPS) is 20.0. The van der Waals surface area contributed by atoms with Crippen molar-refractivity contribution in [3.8, 4) is 0 Å². The molecule has 2 aliphatic carbocycles. The number of aromatic amines is 1. The van der Waals surface area contributed by atoms with Gasteiger partial charge in [-0.05, 0) is 50.5 Å². The standard InChI is InChI=1S/C17H25N3O3/c1-2-23-15(21)8-9-20(11-12-6-7-12)17(22)14-5-3-4-13-10-18-19-16(13)14/h10,12,14H,2-9,11H2,1H3,(H,18,19). The molecule has 1 saturated carbocycles. The maximum absolute atomic E-state index is 13.0. The minimum atomic E-state index is -0.230. The molecule has 0 aromatic carbocycles. The molecular weight excluding hydrogens is 294 g/mol. The van der Waals surface area contributed by atoms with Gasteiger partial charge in [-0.3, -0.25) is 14.7 Å². The van der Waals surface area contributed by atoms with Crippen LogP contribution in [0.3, 0.4) is 0 Å². The lowest BCUT2D eigenvalue weighted by Crippen LogP contribution is -2.39. The molecule has 0 spiro atoms. The van der Waals surface area contributed by atoms with Crippen LogP contribution < -0.4 is 0 Å². The summed E-state index contributed by atoms with van der Waals surface area (Å²) in [5.41, 5.74) is 2.13. The lowest BCUT2D eigenvalue weighted by Gasteiger charge is -2.29. The van der Waals surface area contributed by atoms with Crippen molar-refractivity contribution in [2.24, 2.45) is 5.92 Å². The van der Waals surface area contributed by atoms with Crippen LogP contribution in [-0.4, -0.2) is 46.7 Å². The van der Waals surface area contributed by atoms with Crippen LogP contribution >= 0.6 is 0 Å². The van der Waals surface area contributed by atoms with Crippen LogP contribution in [-0.2, 0) is 20.7 Å². The smallest absolute Gasteiger partial charge is 0.307 e. The number of aryl methyl sites for hydroxylation is 1. The summed E-state index contributed by atoms with van der Waals surface area (Å²) in [6, 6.07) is 0. The van der Waals surface area contributed by atoms with E-state index in [0.29, 0.717) is 19.1 Å². The summed E-state index contributed by atoms with van der Waals surface area (Å²) >= 11 is 0. The second kappa shape index (κ2) is 7.15. The summed E-state index contributed by atoms with van der Waals surface area (Å²) in [5.74, 6) is 0.367. The SMILES string of the molecule is CCOC(=O)CCN(CC1CC1)C(=O)C1CCCc2cn[nH]c21. The maximum atomic E-state index is 13.0. The Labute approximate surface area is 136 Å². The van der Waals surface area contributed by atoms with Gasteiger partial charge in [-0.15, -0.1) is 0 Å². The quantitative estimate of drug-likeness (QED) is 0.780. The Morgan fingerprint density at radius 3 is 2.96 bits per heavy atom. The van der Waals surface area contributed by atoms with Gasteiger partial charge in [0.15, 0.2) is 0 Å². The number of aromatic nitrogens is 2. The number of nitrogens with one attached hydrogen (secondary N) is 1. The maximum Gasteiger partial charge on any atom is 0.307 e. The summed E-state index contributed by atoms with van der Waals surface area (Å²) in [7, 11) is 0. The van der Waals surface area contributed by atoms with Crippen LogP contribution in [0.15, 0.2) is 6.20 Å². The number of carbonyl (C=O) groups excluding carboxylic acids is 2. The van der Waals surface area contributed by atoms with Crippen LogP contribution in [0, 0.1) is 5.92 Å². The van der Waals surface area contributed by atoms with Crippen molar-refractivity contribution >= 4 is 11.9 Å². The second-order valence-electron chi connectivity index (χ2n) is 6.54. The molecule has 0 radical (unpaired) electrons. The van der Waals surface area contributed by atoms with Crippen LogP contribution in [0.1, 0.15) is 56.2 Å². The highest BCUT2D eigenvalue weighted by molar-refractivity contribution is 5.84. The van der Waals surface area contributed by atoms with E-state index in [1.54, 1.807) is 6.92 Å². The van der Waals surface area contributed by atoms with E-state index in [2.05, 4.69) is 10.2 Å². The zero-order valence-electron chi connectivity index (χ0n) is 13.7. The molecule has 1 amide bonds. The van der Waals surface area contributed by atoms with Crippen molar-refractivity contribution in [1.82, 2.24) is 15.1 Å². The first kappa shape index (κ1) is 16.0. The summed E-state index contributed by atoms with van der Waals surface area (Å²) in [4.78, 5) is 26.5. The highest BCUT2D eigenvalue weighted by atomic mass is 16.5. The average Bonchev–Trinajstić information content (AvgIpc) is 3.23. The molecule has 126 valence electrons. The van der Waals surface area contributed by atoms with Gasteiger partial charge >= 0.3 is 5.97 Å². The van der Waals surface area contributed by atoms with Gasteiger partial charge in [-0.2, -0.15) is 5.10 Å². The Hall–Kier alpha value is -1.85. The van der Waals surface area contributed by atoms with E-state index in [-0.39, 0.29) is 24.2 Å². The molecule has 0 bridgehead atoms. The number of rotatable bonds is 7. The van der Waals surface area contributed by atoms with E-state index in [1.807, 2.05) is 11.1 Å². The predicted molar refractivity (Wildman–Crippen MR) is 84.8 cm³/mol. The van der Waals surface area contributed by atoms with Crippen molar-refractivity contribution in [1.29, 1.82) is 0 Å². The number of ether oxygens (including phenoxy) is 1. The van der Waals surface area contributed by atoms with Crippen LogP contribution in [0.4, 0.5) is 0 Å². The van der Waals surface area contributed by atoms with Gasteiger partial charge in [0.25, 0.3) is 0 Å². The number of carbonyl (C=O) groups is 2. The molecule has 1 N–H and O–H groups in total. The molecule has 1 fully saturated rings. The fourth-order valence-electron chi connectivity index (χ4n) is 3.29. The fraction of sp³-hybridized carbons (Fsp3) is 0.706. The molecule has 6 nitrogen and oxygen atoms in total. The van der Waals surface area contributed by atoms with Crippen molar-refractivity contribution in [3.63, 3.8) is 0 Å². The van der Waals surface area contributed by atoms with Crippen LogP contribution in [0.2, 0.25) is 0 Å². The number of H-pyrrole nitrogens is 1. The Morgan fingerprint density at radius 1 is 1.39 bits per heavy atom. The Balaban J connectivity index is 1.66. The number of fused-ring (bicyclic) bond motifs is 1. The number of hydrogen-bond donors (Lipinski definition) is 1. The zero-order chi connectivity index (χ0) is 16.2. The van der Waals surface area contributed by atoms with E-state index in [1.165, 1.54) is 12.8 Å². The van der Waals surface area contributed by atoms with Crippen LogP contribution in [0.25, 0.3) is 0 Å². The second-order valence-corrected chi connectivity index (χ2v) is 6.54. The van der Waals surface area contributed by atoms with Gasteiger partial charge in [-0.25, -0.2) is 0 Å². The lowest BCUT2D eigenvalue weighted by molar-refractivity contribution is -0.144. The highest BCUT2D eigenvalue weighted by Gasteiger charge is 2.34. The lowest BCUT2D eigenvalue weighted by atomic mass is 9.87. The van der Waals surface area contributed by atoms with E-state index in [0.717, 1.165) is 37.1 Å². The minimum absolute atomic E-state index is 0.131. The van der Waals surface area contributed by atoms with E-state index < -0.39 is 0 Å². The molecule has 6 heteroatoms. The number of amides is 1. The zero-order valence-corrected chi connectivity index (χ0v) is 13.7. The molecule has 23 heavy (non-hydrogen) atoms. The van der Waals surface area contributed by atoms with Gasteiger partial charge < -0.3 is 9.64 Å². The van der Waals surface area contributed by atoms with Gasteiger partial charge in [0.2, 0.25) is 5.91 Å². The van der Waals surface area contributed by atoms with Gasteiger partial charge in [0, 0.05) is 13.1 Å². The first-order chi connectivity index (χ1) is 11.2. The molecule has 0 saturated heterocycles. The van der Waals surface area contributed by atoms with Crippen molar-refractivity contribution < 1.29 is 14.3 Å². The van der Waals surface area contributed by atoms with Gasteiger partial charge in [0.1, 0.15) is 0 Å². The molecule has 1 atom stereocenters. The Kier molecular flexibility index (Phi) is 4.98. The number of esters is 1. The molecular formula is C17H25N3O3. The highest BCUT2D eigenvalue weighted by Crippen LogP contribution is 2.34. The van der Waals surface area contributed by atoms with Crippen molar-refractivity contribution in [2.75, 3.05) is 19.7 Å². The molecule has 1 unspecified atom stereocenters. The van der Waals surface area contributed by atoms with Crippen molar-refractivity contribution in [2.45, 2.75) is 51.4 Å². The third-order valence-electron chi connectivity index (χ3n) is 4.72. The third-order valence-corrected chi connectivity index (χ3v) is 4.72. The topological polar surface area (TPSA) is 75.3 Å². The largest absolute Gasteiger partial charge is 0.466 e. The van der Waals surface area contributed by atoms with Crippen LogP contribution in [0.5, 0.6) is 0 Å². The van der Waals surface area contributed by atoms with E-state index in [4.69, 9.17) is 4.74 Å². The number of nitrogens with zero attached hydrogens (tertiary/aromatic N) is 2. The monoisotopic (exact) mass is 319 g/mol. The first-order valence-corrected chi connectivity index (χ1v) is 8.65. The van der Waals surface area contributed by atoms with E-state index >= 15 is 0 Å². The molecule has 1 aromatic rings. The van der Waals surface area contributed by atoms with E-state index in [9.17, 15) is 9.59 Å². The molecule has 2 aliphatic rings. The summed E-state index contributed by atoms with van der Waals surface area (Å²) in [5, 5.41) is 7.11. The average molecular weight is 319 g/mol. The first-order valence-electron chi connectivity index (χ1n) is 8.65. The summed E-state index contributed by atoms with van der Waals surface area (Å²) in [6.45, 7) is 3.40. The molecule has 1 aromatic heterocycles. The Morgan fingerprint density at radius 2 is 2.22 bits per heavy atom. The number of hydrogen-bond acceptors (Lipinski definition) is 4. The van der Waals surface area contributed by atoms with Gasteiger partial charge in [0.05, 0.1) is 30.8 Å². The van der Waals surface area contributed by atoms with Gasteiger partial charge in [-0.1, -0.05) is 0 Å². The summed E-state index contributed by atoms with van der Waals surface area (Å²) in [6.07, 6.45) is 7.33. The predicted octanol–water partition coefficient (Wildman–Crippen LogP) is 2.02. The molecule has 1 heterocycles. The Bertz CT molecular complexity index is 565. The fourth-order valence-corrected chi connectivity index (χ4v) is 3.29. The molecule has 0 aliphatic heterocycles.